The summed E-state index contributed by atoms with van der Waals surface area (Å²) < 4.78 is 0. The van der Waals surface area contributed by atoms with Crippen molar-refractivity contribution in [2.75, 3.05) is 0 Å². The summed E-state index contributed by atoms with van der Waals surface area (Å²) in [6, 6.07) is 0. The van der Waals surface area contributed by atoms with E-state index in [1.54, 1.807) is 0 Å². The van der Waals surface area contributed by atoms with E-state index in [9.17, 15) is 9.90 Å². The first-order chi connectivity index (χ1) is 13.9. The fourth-order valence-corrected chi connectivity index (χ4v) is 4.20. The Morgan fingerprint density at radius 2 is 1.10 bits per heavy atom. The molecule has 0 spiro atoms. The van der Waals surface area contributed by atoms with Gasteiger partial charge < -0.3 is 10.2 Å². The SMILES string of the molecule is C=CC(=O)O.CCCCCCCCCc1c(O)c(CC)c(CC)c(CC)c1CC. The molecule has 0 unspecified atom stereocenters. The molecule has 1 rings (SSSR count). The van der Waals surface area contributed by atoms with Crippen LogP contribution in [-0.2, 0) is 36.9 Å². The lowest BCUT2D eigenvalue weighted by atomic mass is 9.84. The molecule has 0 aromatic heterocycles. The fraction of sp³-hybridized carbons (Fsp3) is 0.654. The third kappa shape index (κ3) is 9.06. The van der Waals surface area contributed by atoms with Crippen molar-refractivity contribution >= 4 is 5.97 Å². The minimum Gasteiger partial charge on any atom is -0.507 e. The predicted octanol–water partition coefficient (Wildman–Crippen LogP) is 7.19. The zero-order chi connectivity index (χ0) is 22.2. The van der Waals surface area contributed by atoms with Crippen molar-refractivity contribution in [3.05, 3.63) is 40.5 Å². The van der Waals surface area contributed by atoms with E-state index in [1.165, 1.54) is 72.8 Å². The molecule has 3 heteroatoms. The number of hydrogen-bond acceptors (Lipinski definition) is 2. The number of carboxylic acid groups (broad SMARTS) is 1. The van der Waals surface area contributed by atoms with E-state index in [1.807, 2.05) is 0 Å². The molecule has 0 aliphatic heterocycles. The van der Waals surface area contributed by atoms with Gasteiger partial charge in [0.15, 0.2) is 0 Å². The summed E-state index contributed by atoms with van der Waals surface area (Å²) in [7, 11) is 0. The van der Waals surface area contributed by atoms with Crippen LogP contribution in [-0.4, -0.2) is 16.2 Å². The first-order valence-electron chi connectivity index (χ1n) is 11.7. The van der Waals surface area contributed by atoms with Crippen LogP contribution >= 0.6 is 0 Å². The van der Waals surface area contributed by atoms with Crippen LogP contribution in [0.5, 0.6) is 5.75 Å². The van der Waals surface area contributed by atoms with Gasteiger partial charge in [-0.15, -0.1) is 0 Å². The summed E-state index contributed by atoms with van der Waals surface area (Å²) in [6.45, 7) is 14.1. The van der Waals surface area contributed by atoms with Crippen LogP contribution in [0.15, 0.2) is 12.7 Å². The van der Waals surface area contributed by atoms with Crippen molar-refractivity contribution in [2.45, 2.75) is 112 Å². The van der Waals surface area contributed by atoms with E-state index in [-0.39, 0.29) is 0 Å². The number of carboxylic acids is 1. The van der Waals surface area contributed by atoms with Gasteiger partial charge in [-0.3, -0.25) is 0 Å². The second-order valence-electron chi connectivity index (χ2n) is 7.57. The minimum absolute atomic E-state index is 0.620. The zero-order valence-corrected chi connectivity index (χ0v) is 19.6. The summed E-state index contributed by atoms with van der Waals surface area (Å²) >= 11 is 0. The standard InChI is InChI=1S/C23H40O.C3H4O2/c1-6-11-12-13-14-15-16-17-22-20(9-4)18(7-2)19(8-3)21(10-5)23(22)24;1-2-3(4)5/h24H,6-17H2,1-5H3;2H,1H2,(H,4,5). The highest BCUT2D eigenvalue weighted by molar-refractivity contribution is 5.78. The fourth-order valence-electron chi connectivity index (χ4n) is 4.20. The highest BCUT2D eigenvalue weighted by Crippen LogP contribution is 2.36. The van der Waals surface area contributed by atoms with Crippen molar-refractivity contribution in [3.63, 3.8) is 0 Å². The summed E-state index contributed by atoms with van der Waals surface area (Å²) in [5.41, 5.74) is 6.85. The second kappa shape index (κ2) is 16.1. The monoisotopic (exact) mass is 404 g/mol. The third-order valence-electron chi connectivity index (χ3n) is 5.65. The van der Waals surface area contributed by atoms with Gasteiger partial charge >= 0.3 is 5.97 Å². The van der Waals surface area contributed by atoms with Gasteiger partial charge in [-0.05, 0) is 66.3 Å². The Balaban J connectivity index is 0.00000139. The number of phenols is 1. The maximum Gasteiger partial charge on any atom is 0.327 e. The summed E-state index contributed by atoms with van der Waals surface area (Å²) in [4.78, 5) is 9.25. The average molecular weight is 405 g/mol. The Kier molecular flexibility index (Phi) is 15.1. The van der Waals surface area contributed by atoms with Crippen LogP contribution in [0, 0.1) is 0 Å². The first kappa shape index (κ1) is 27.2. The van der Waals surface area contributed by atoms with Gasteiger partial charge in [-0.1, -0.05) is 79.7 Å². The molecule has 3 nitrogen and oxygen atoms in total. The molecule has 29 heavy (non-hydrogen) atoms. The van der Waals surface area contributed by atoms with Gasteiger partial charge in [-0.2, -0.15) is 0 Å². The molecule has 0 aliphatic carbocycles. The van der Waals surface area contributed by atoms with Crippen LogP contribution < -0.4 is 0 Å². The number of phenolic OH excluding ortho intramolecular Hbond substituents is 1. The Morgan fingerprint density at radius 3 is 1.52 bits per heavy atom. The number of carbonyl (C=O) groups is 1. The number of aliphatic carboxylic acids is 1. The Labute approximate surface area is 179 Å². The number of rotatable bonds is 13. The molecule has 166 valence electrons. The molecule has 0 radical (unpaired) electrons. The van der Waals surface area contributed by atoms with Gasteiger partial charge in [-0.25, -0.2) is 4.79 Å². The van der Waals surface area contributed by atoms with E-state index in [0.717, 1.165) is 38.2 Å². The van der Waals surface area contributed by atoms with Crippen molar-refractivity contribution < 1.29 is 15.0 Å². The van der Waals surface area contributed by atoms with Gasteiger partial charge in [0.05, 0.1) is 0 Å². The number of benzene rings is 1. The van der Waals surface area contributed by atoms with E-state index in [0.29, 0.717) is 5.75 Å². The second-order valence-corrected chi connectivity index (χ2v) is 7.57. The maximum atomic E-state index is 10.9. The molecular formula is C26H44O3. The van der Waals surface area contributed by atoms with E-state index >= 15 is 0 Å². The summed E-state index contributed by atoms with van der Waals surface area (Å²) in [5, 5.41) is 18.5. The van der Waals surface area contributed by atoms with Crippen LogP contribution in [0.4, 0.5) is 0 Å². The predicted molar refractivity (Wildman–Crippen MR) is 125 cm³/mol. The van der Waals surface area contributed by atoms with Crippen LogP contribution in [0.2, 0.25) is 0 Å². The van der Waals surface area contributed by atoms with Crippen molar-refractivity contribution in [1.29, 1.82) is 0 Å². The van der Waals surface area contributed by atoms with Crippen LogP contribution in [0.1, 0.15) is 107 Å². The zero-order valence-electron chi connectivity index (χ0n) is 19.6. The normalized spacial score (nSPS) is 10.4. The highest BCUT2D eigenvalue weighted by Gasteiger charge is 2.19. The number of aromatic hydroxyl groups is 1. The molecule has 0 saturated carbocycles. The van der Waals surface area contributed by atoms with Gasteiger partial charge in [0.2, 0.25) is 0 Å². The Bertz CT molecular complexity index is 617. The lowest BCUT2D eigenvalue weighted by Crippen LogP contribution is -2.08. The third-order valence-corrected chi connectivity index (χ3v) is 5.65. The van der Waals surface area contributed by atoms with Crippen molar-refractivity contribution in [2.24, 2.45) is 0 Å². The lowest BCUT2D eigenvalue weighted by Gasteiger charge is -2.22. The Morgan fingerprint density at radius 1 is 0.724 bits per heavy atom. The molecule has 0 heterocycles. The lowest BCUT2D eigenvalue weighted by molar-refractivity contribution is -0.131. The summed E-state index contributed by atoms with van der Waals surface area (Å²) in [5.74, 6) is -0.362. The smallest absolute Gasteiger partial charge is 0.327 e. The highest BCUT2D eigenvalue weighted by atomic mass is 16.4. The molecule has 0 aliphatic rings. The average Bonchev–Trinajstić information content (AvgIpc) is 2.73. The molecule has 1 aromatic carbocycles. The van der Waals surface area contributed by atoms with E-state index in [4.69, 9.17) is 5.11 Å². The number of hydrogen-bond donors (Lipinski definition) is 2. The van der Waals surface area contributed by atoms with E-state index in [2.05, 4.69) is 41.2 Å². The largest absolute Gasteiger partial charge is 0.507 e. The molecular weight excluding hydrogens is 360 g/mol. The number of unbranched alkanes of at least 4 members (excludes halogenated alkanes) is 6. The van der Waals surface area contributed by atoms with Gasteiger partial charge in [0.25, 0.3) is 0 Å². The Hall–Kier alpha value is -1.77. The van der Waals surface area contributed by atoms with Crippen molar-refractivity contribution in [1.82, 2.24) is 0 Å². The molecule has 1 aromatic rings. The van der Waals surface area contributed by atoms with Crippen LogP contribution in [0.25, 0.3) is 0 Å². The molecule has 0 fully saturated rings. The van der Waals surface area contributed by atoms with Crippen LogP contribution in [0.3, 0.4) is 0 Å². The molecule has 0 atom stereocenters. The molecule has 0 amide bonds. The summed E-state index contributed by atoms with van der Waals surface area (Å²) in [6.07, 6.45) is 15.3. The van der Waals surface area contributed by atoms with Crippen molar-refractivity contribution in [3.8, 4) is 5.75 Å². The quantitative estimate of drug-likeness (QED) is 0.270. The molecule has 2 N–H and O–H groups in total. The maximum absolute atomic E-state index is 10.9. The topological polar surface area (TPSA) is 57.5 Å². The molecule has 0 bridgehead atoms. The van der Waals surface area contributed by atoms with Gasteiger partial charge in [0, 0.05) is 6.08 Å². The van der Waals surface area contributed by atoms with Gasteiger partial charge in [0.1, 0.15) is 5.75 Å². The molecule has 0 saturated heterocycles. The minimum atomic E-state index is -0.981. The first-order valence-corrected chi connectivity index (χ1v) is 11.7. The van der Waals surface area contributed by atoms with E-state index < -0.39 is 5.97 Å².